The molecular weight excluding hydrogens is 429 g/mol. The van der Waals surface area contributed by atoms with Crippen LogP contribution in [0.15, 0.2) is 42.6 Å². The number of amides is 1. The minimum Gasteiger partial charge on any atom is -0.493 e. The Labute approximate surface area is 184 Å². The van der Waals surface area contributed by atoms with Crippen molar-refractivity contribution >= 4 is 34.9 Å². The molecule has 1 N–H and O–H groups in total. The number of nitrogens with one attached hydrogen (secondary N) is 1. The van der Waals surface area contributed by atoms with Gasteiger partial charge in [0.15, 0.2) is 11.5 Å². The van der Waals surface area contributed by atoms with Crippen LogP contribution in [0.2, 0.25) is 10.0 Å². The third-order valence-corrected chi connectivity index (χ3v) is 5.00. The molecule has 7 nitrogen and oxygen atoms in total. The van der Waals surface area contributed by atoms with Gasteiger partial charge in [-0.1, -0.05) is 29.3 Å². The second-order valence-electron chi connectivity index (χ2n) is 6.37. The molecule has 0 bridgehead atoms. The van der Waals surface area contributed by atoms with Crippen LogP contribution in [0.3, 0.4) is 0 Å². The lowest BCUT2D eigenvalue weighted by atomic mass is 10.1. The Bertz CT molecular complexity index is 1030. The standard InChI is InChI=1S/C21H21Cl2N3O4/c1-28-17-8-13(9-18(29-2)21(17)30-3)10-20(27)25-19-6-7-24-26(19)12-14-4-5-15(22)11-16(14)23/h4-9,11H,10,12H2,1-3H3,(H,25,27). The van der Waals surface area contributed by atoms with E-state index < -0.39 is 0 Å². The summed E-state index contributed by atoms with van der Waals surface area (Å²) in [5.74, 6) is 1.79. The van der Waals surface area contributed by atoms with E-state index in [0.717, 1.165) is 5.56 Å². The van der Waals surface area contributed by atoms with Crippen LogP contribution in [0.25, 0.3) is 0 Å². The Morgan fingerprint density at radius 3 is 2.33 bits per heavy atom. The highest BCUT2D eigenvalue weighted by Gasteiger charge is 2.16. The molecule has 1 amide bonds. The molecule has 0 aliphatic heterocycles. The second-order valence-corrected chi connectivity index (χ2v) is 7.21. The van der Waals surface area contributed by atoms with E-state index in [1.54, 1.807) is 41.2 Å². The summed E-state index contributed by atoms with van der Waals surface area (Å²) in [6.07, 6.45) is 1.72. The summed E-state index contributed by atoms with van der Waals surface area (Å²) in [4.78, 5) is 12.6. The number of ether oxygens (including phenoxy) is 3. The van der Waals surface area contributed by atoms with Crippen molar-refractivity contribution in [3.63, 3.8) is 0 Å². The van der Waals surface area contributed by atoms with E-state index in [4.69, 9.17) is 37.4 Å². The summed E-state index contributed by atoms with van der Waals surface area (Å²) in [6.45, 7) is 0.392. The van der Waals surface area contributed by atoms with Crippen molar-refractivity contribution in [1.29, 1.82) is 0 Å². The lowest BCUT2D eigenvalue weighted by Gasteiger charge is -2.14. The van der Waals surface area contributed by atoms with Crippen molar-refractivity contribution in [2.75, 3.05) is 26.6 Å². The largest absolute Gasteiger partial charge is 0.493 e. The first-order chi connectivity index (χ1) is 14.4. The van der Waals surface area contributed by atoms with Crippen LogP contribution in [0.5, 0.6) is 17.2 Å². The minimum absolute atomic E-state index is 0.115. The maximum atomic E-state index is 12.6. The van der Waals surface area contributed by atoms with Crippen LogP contribution >= 0.6 is 23.2 Å². The highest BCUT2D eigenvalue weighted by Crippen LogP contribution is 2.38. The summed E-state index contributed by atoms with van der Waals surface area (Å²) in [6, 6.07) is 10.5. The van der Waals surface area contributed by atoms with E-state index in [-0.39, 0.29) is 12.3 Å². The number of hydrogen-bond donors (Lipinski definition) is 1. The number of halogens is 2. The summed E-state index contributed by atoms with van der Waals surface area (Å²) in [7, 11) is 4.59. The van der Waals surface area contributed by atoms with Gasteiger partial charge in [-0.3, -0.25) is 4.79 Å². The highest BCUT2D eigenvalue weighted by atomic mass is 35.5. The number of carbonyl (C=O) groups is 1. The number of methoxy groups -OCH3 is 3. The van der Waals surface area contributed by atoms with E-state index in [2.05, 4.69) is 10.4 Å². The Balaban J connectivity index is 1.74. The van der Waals surface area contributed by atoms with Crippen molar-refractivity contribution in [1.82, 2.24) is 9.78 Å². The van der Waals surface area contributed by atoms with Gasteiger partial charge < -0.3 is 19.5 Å². The molecule has 0 aliphatic carbocycles. The number of rotatable bonds is 8. The fourth-order valence-electron chi connectivity index (χ4n) is 2.99. The highest BCUT2D eigenvalue weighted by molar-refractivity contribution is 6.35. The van der Waals surface area contributed by atoms with Gasteiger partial charge in [-0.25, -0.2) is 4.68 Å². The number of benzene rings is 2. The van der Waals surface area contributed by atoms with E-state index in [1.165, 1.54) is 21.3 Å². The first kappa shape index (κ1) is 21.8. The molecule has 3 aromatic rings. The molecular formula is C21H21Cl2N3O4. The molecule has 158 valence electrons. The van der Waals surface area contributed by atoms with Crippen molar-refractivity contribution in [3.05, 3.63) is 63.8 Å². The van der Waals surface area contributed by atoms with Gasteiger partial charge in [-0.15, -0.1) is 0 Å². The van der Waals surface area contributed by atoms with E-state index in [1.807, 2.05) is 6.07 Å². The van der Waals surface area contributed by atoms with Crippen LogP contribution in [0.1, 0.15) is 11.1 Å². The predicted octanol–water partition coefficient (Wildman–Crippen LogP) is 4.45. The van der Waals surface area contributed by atoms with Crippen molar-refractivity contribution in [3.8, 4) is 17.2 Å². The van der Waals surface area contributed by atoms with Crippen LogP contribution in [0, 0.1) is 0 Å². The summed E-state index contributed by atoms with van der Waals surface area (Å²) < 4.78 is 17.6. The van der Waals surface area contributed by atoms with E-state index in [9.17, 15) is 4.79 Å². The molecule has 0 saturated carbocycles. The van der Waals surface area contributed by atoms with Crippen LogP contribution in [-0.4, -0.2) is 37.0 Å². The number of aromatic nitrogens is 2. The number of carbonyl (C=O) groups excluding carboxylic acids is 1. The first-order valence-corrected chi connectivity index (χ1v) is 9.75. The molecule has 0 saturated heterocycles. The molecule has 1 aromatic heterocycles. The second kappa shape index (κ2) is 9.73. The molecule has 0 fully saturated rings. The van der Waals surface area contributed by atoms with Gasteiger partial charge in [0.25, 0.3) is 0 Å². The average molecular weight is 450 g/mol. The smallest absolute Gasteiger partial charge is 0.229 e. The lowest BCUT2D eigenvalue weighted by Crippen LogP contribution is -2.18. The van der Waals surface area contributed by atoms with Crippen LogP contribution in [0.4, 0.5) is 5.82 Å². The Hall–Kier alpha value is -2.90. The molecule has 0 aliphatic rings. The van der Waals surface area contributed by atoms with Crippen LogP contribution < -0.4 is 19.5 Å². The normalized spacial score (nSPS) is 10.6. The molecule has 9 heteroatoms. The van der Waals surface area contributed by atoms with Crippen molar-refractivity contribution in [2.24, 2.45) is 0 Å². The third kappa shape index (κ3) is 4.98. The summed E-state index contributed by atoms with van der Waals surface area (Å²) in [5, 5.41) is 8.23. The maximum absolute atomic E-state index is 12.6. The number of anilines is 1. The zero-order valence-electron chi connectivity index (χ0n) is 16.7. The van der Waals surface area contributed by atoms with Crippen molar-refractivity contribution < 1.29 is 19.0 Å². The van der Waals surface area contributed by atoms with E-state index >= 15 is 0 Å². The molecule has 3 rings (SSSR count). The first-order valence-electron chi connectivity index (χ1n) is 8.99. The fraction of sp³-hybridized carbons (Fsp3) is 0.238. The topological polar surface area (TPSA) is 74.6 Å². The van der Waals surface area contributed by atoms with Crippen molar-refractivity contribution in [2.45, 2.75) is 13.0 Å². The molecule has 0 unspecified atom stereocenters. The molecule has 0 spiro atoms. The molecule has 0 radical (unpaired) electrons. The van der Waals surface area contributed by atoms with E-state index in [0.29, 0.717) is 45.2 Å². The summed E-state index contributed by atoms with van der Waals surface area (Å²) >= 11 is 12.2. The number of hydrogen-bond acceptors (Lipinski definition) is 5. The summed E-state index contributed by atoms with van der Waals surface area (Å²) in [5.41, 5.74) is 1.55. The predicted molar refractivity (Wildman–Crippen MR) is 116 cm³/mol. The SMILES string of the molecule is COc1cc(CC(=O)Nc2ccnn2Cc2ccc(Cl)cc2Cl)cc(OC)c1OC. The minimum atomic E-state index is -0.215. The Morgan fingerprint density at radius 1 is 1.03 bits per heavy atom. The zero-order chi connectivity index (χ0) is 21.7. The van der Waals surface area contributed by atoms with Gasteiger partial charge >= 0.3 is 0 Å². The van der Waals surface area contributed by atoms with Gasteiger partial charge in [0.05, 0.1) is 40.5 Å². The third-order valence-electron chi connectivity index (χ3n) is 4.41. The fourth-order valence-corrected chi connectivity index (χ4v) is 3.45. The quantitative estimate of drug-likeness (QED) is 0.549. The van der Waals surface area contributed by atoms with Crippen LogP contribution in [-0.2, 0) is 17.8 Å². The van der Waals surface area contributed by atoms with Gasteiger partial charge in [-0.05, 0) is 35.4 Å². The Morgan fingerprint density at radius 2 is 1.73 bits per heavy atom. The molecule has 0 atom stereocenters. The molecule has 2 aromatic carbocycles. The average Bonchev–Trinajstić information content (AvgIpc) is 3.15. The maximum Gasteiger partial charge on any atom is 0.229 e. The number of nitrogens with zero attached hydrogens (tertiary/aromatic N) is 2. The Kier molecular flexibility index (Phi) is 7.07. The molecule has 1 heterocycles. The lowest BCUT2D eigenvalue weighted by molar-refractivity contribution is -0.115. The van der Waals surface area contributed by atoms with Gasteiger partial charge in [0.1, 0.15) is 5.82 Å². The van der Waals surface area contributed by atoms with Gasteiger partial charge in [-0.2, -0.15) is 5.10 Å². The van der Waals surface area contributed by atoms with Gasteiger partial charge in [0.2, 0.25) is 11.7 Å². The molecule has 30 heavy (non-hydrogen) atoms. The monoisotopic (exact) mass is 449 g/mol. The van der Waals surface area contributed by atoms with Gasteiger partial charge in [0, 0.05) is 16.1 Å². The zero-order valence-corrected chi connectivity index (χ0v) is 18.3.